The summed E-state index contributed by atoms with van der Waals surface area (Å²) in [5.41, 5.74) is 0.898. The maximum Gasteiger partial charge on any atom is 0.252 e. The molecule has 1 aliphatic rings. The van der Waals surface area contributed by atoms with E-state index in [2.05, 4.69) is 29.2 Å². The third-order valence-electron chi connectivity index (χ3n) is 5.64. The summed E-state index contributed by atoms with van der Waals surface area (Å²) in [5, 5.41) is 4.74. The van der Waals surface area contributed by atoms with Crippen molar-refractivity contribution in [1.82, 2.24) is 24.1 Å². The van der Waals surface area contributed by atoms with Gasteiger partial charge in [0.1, 0.15) is 20.2 Å². The van der Waals surface area contributed by atoms with Crippen LogP contribution in [-0.2, 0) is 16.6 Å². The molecule has 1 aromatic carbocycles. The Kier molecular flexibility index (Phi) is 8.29. The molecule has 8 nitrogen and oxygen atoms in total. The van der Waals surface area contributed by atoms with Crippen molar-refractivity contribution in [3.05, 3.63) is 45.5 Å². The van der Waals surface area contributed by atoms with Crippen LogP contribution in [0.5, 0.6) is 0 Å². The van der Waals surface area contributed by atoms with Crippen molar-refractivity contribution in [1.29, 1.82) is 0 Å². The number of anilines is 1. The molecular weight excluding hydrogens is 515 g/mol. The molecule has 0 saturated carbocycles. The number of para-hydroxylation sites is 1. The van der Waals surface area contributed by atoms with E-state index in [-0.39, 0.29) is 9.23 Å². The van der Waals surface area contributed by atoms with Crippen LogP contribution < -0.4 is 5.32 Å². The summed E-state index contributed by atoms with van der Waals surface area (Å²) in [6, 6.07) is 9.41. The van der Waals surface area contributed by atoms with Gasteiger partial charge in [0.05, 0.1) is 17.1 Å². The number of nitrogens with one attached hydrogen (secondary N) is 1. The average Bonchev–Trinajstić information content (AvgIpc) is 3.16. The molecule has 0 amide bonds. The molecule has 1 aliphatic heterocycles. The van der Waals surface area contributed by atoms with Gasteiger partial charge in [-0.1, -0.05) is 35.3 Å². The molecule has 0 unspecified atom stereocenters. The van der Waals surface area contributed by atoms with E-state index in [1.54, 1.807) is 0 Å². The van der Waals surface area contributed by atoms with Crippen LogP contribution in [0.3, 0.4) is 0 Å². The minimum absolute atomic E-state index is 0.179. The van der Waals surface area contributed by atoms with Crippen molar-refractivity contribution in [2.75, 3.05) is 58.7 Å². The van der Waals surface area contributed by atoms with Gasteiger partial charge < -0.3 is 10.2 Å². The van der Waals surface area contributed by atoms with Gasteiger partial charge in [-0.05, 0) is 45.3 Å². The normalized spacial score (nSPS) is 15.9. The minimum atomic E-state index is -3.60. The first-order valence-corrected chi connectivity index (χ1v) is 14.1. The van der Waals surface area contributed by atoms with Gasteiger partial charge in [0, 0.05) is 38.1 Å². The third-order valence-corrected chi connectivity index (χ3v) is 9.85. The predicted octanol–water partition coefficient (Wildman–Crippen LogP) is 3.87. The van der Waals surface area contributed by atoms with Crippen LogP contribution >= 0.6 is 34.5 Å². The van der Waals surface area contributed by atoms with E-state index in [4.69, 9.17) is 33.2 Å². The fourth-order valence-electron chi connectivity index (χ4n) is 3.84. The fraction of sp³-hybridized carbons (Fsp3) is 0.455. The number of hydrogen-bond donors (Lipinski definition) is 1. The zero-order valence-corrected chi connectivity index (χ0v) is 22.3. The molecule has 1 fully saturated rings. The number of halogens is 2. The molecule has 0 spiro atoms. The highest BCUT2D eigenvalue weighted by atomic mass is 35.5. The Balaban J connectivity index is 1.42. The SMILES string of the molecule is CN(C)CCCNc1nc(CN2CCN(S(=O)(=O)c3cc(Cl)c(Cl)s3)CC2)nc2ccccc12. The molecule has 0 bridgehead atoms. The molecule has 2 aromatic heterocycles. The summed E-state index contributed by atoms with van der Waals surface area (Å²) in [6.07, 6.45) is 1.01. The summed E-state index contributed by atoms with van der Waals surface area (Å²) in [5.74, 6) is 1.56. The molecule has 4 rings (SSSR count). The van der Waals surface area contributed by atoms with E-state index >= 15 is 0 Å². The highest BCUT2D eigenvalue weighted by Gasteiger charge is 2.30. The molecule has 0 radical (unpaired) electrons. The molecule has 3 heterocycles. The standard InChI is InChI=1S/C22H28Cl2N6O2S2/c1-28(2)9-5-8-25-22-16-6-3-4-7-18(16)26-19(27-22)15-29-10-12-30(13-11-29)34(31,32)20-14-17(23)21(24)33-20/h3-4,6-7,14H,5,8-13,15H2,1-2H3,(H,25,26,27). The van der Waals surface area contributed by atoms with Crippen LogP contribution in [0.4, 0.5) is 5.82 Å². The van der Waals surface area contributed by atoms with Gasteiger partial charge in [0.15, 0.2) is 0 Å². The first kappa shape index (κ1) is 25.6. The van der Waals surface area contributed by atoms with Gasteiger partial charge in [-0.3, -0.25) is 4.90 Å². The van der Waals surface area contributed by atoms with Gasteiger partial charge >= 0.3 is 0 Å². The molecule has 1 N–H and O–H groups in total. The Morgan fingerprint density at radius 3 is 2.53 bits per heavy atom. The van der Waals surface area contributed by atoms with Crippen molar-refractivity contribution < 1.29 is 8.42 Å². The summed E-state index contributed by atoms with van der Waals surface area (Å²) < 4.78 is 27.8. The number of rotatable bonds is 9. The highest BCUT2D eigenvalue weighted by molar-refractivity contribution is 7.91. The lowest BCUT2D eigenvalue weighted by atomic mass is 10.2. The predicted molar refractivity (Wildman–Crippen MR) is 140 cm³/mol. The lowest BCUT2D eigenvalue weighted by molar-refractivity contribution is 0.178. The Morgan fingerprint density at radius 2 is 1.85 bits per heavy atom. The fourth-order valence-corrected chi connectivity index (χ4v) is 7.30. The van der Waals surface area contributed by atoms with Crippen molar-refractivity contribution in [2.24, 2.45) is 0 Å². The van der Waals surface area contributed by atoms with E-state index in [1.165, 1.54) is 10.4 Å². The second kappa shape index (κ2) is 11.0. The third kappa shape index (κ3) is 5.99. The second-order valence-electron chi connectivity index (χ2n) is 8.46. The Morgan fingerprint density at radius 1 is 1.12 bits per heavy atom. The van der Waals surface area contributed by atoms with Crippen molar-refractivity contribution in [3.63, 3.8) is 0 Å². The van der Waals surface area contributed by atoms with Crippen molar-refractivity contribution in [2.45, 2.75) is 17.2 Å². The lowest BCUT2D eigenvalue weighted by Gasteiger charge is -2.33. The number of benzene rings is 1. The maximum absolute atomic E-state index is 12.9. The summed E-state index contributed by atoms with van der Waals surface area (Å²) in [4.78, 5) is 13.9. The maximum atomic E-state index is 12.9. The van der Waals surface area contributed by atoms with Gasteiger partial charge in [-0.25, -0.2) is 18.4 Å². The highest BCUT2D eigenvalue weighted by Crippen LogP contribution is 2.35. The molecule has 1 saturated heterocycles. The quantitative estimate of drug-likeness (QED) is 0.411. The molecule has 34 heavy (non-hydrogen) atoms. The van der Waals surface area contributed by atoms with Crippen LogP contribution in [-0.4, -0.2) is 85.9 Å². The van der Waals surface area contributed by atoms with Crippen LogP contribution in [0.25, 0.3) is 10.9 Å². The summed E-state index contributed by atoms with van der Waals surface area (Å²) in [6.45, 7) is 4.34. The zero-order valence-electron chi connectivity index (χ0n) is 19.2. The van der Waals surface area contributed by atoms with Gasteiger partial charge in [-0.2, -0.15) is 4.31 Å². The lowest BCUT2D eigenvalue weighted by Crippen LogP contribution is -2.48. The van der Waals surface area contributed by atoms with Gasteiger partial charge in [0.2, 0.25) is 0 Å². The monoisotopic (exact) mass is 542 g/mol. The number of aromatic nitrogens is 2. The number of piperazine rings is 1. The molecule has 12 heteroatoms. The van der Waals surface area contributed by atoms with Crippen LogP contribution in [0.15, 0.2) is 34.5 Å². The number of sulfonamides is 1. The zero-order chi connectivity index (χ0) is 24.3. The van der Waals surface area contributed by atoms with Crippen LogP contribution in [0.2, 0.25) is 9.36 Å². The van der Waals surface area contributed by atoms with E-state index in [1.807, 2.05) is 24.3 Å². The Hall–Kier alpha value is -1.53. The van der Waals surface area contributed by atoms with E-state index < -0.39 is 10.0 Å². The average molecular weight is 544 g/mol. The first-order valence-electron chi connectivity index (χ1n) is 11.1. The smallest absolute Gasteiger partial charge is 0.252 e. The topological polar surface area (TPSA) is 81.7 Å². The Labute approximate surface area is 214 Å². The van der Waals surface area contributed by atoms with E-state index in [0.717, 1.165) is 53.4 Å². The molecular formula is C22H28Cl2N6O2S2. The number of nitrogens with zero attached hydrogens (tertiary/aromatic N) is 5. The number of fused-ring (bicyclic) bond motifs is 1. The number of thiophene rings is 1. The van der Waals surface area contributed by atoms with E-state index in [9.17, 15) is 8.42 Å². The van der Waals surface area contributed by atoms with E-state index in [0.29, 0.717) is 37.1 Å². The van der Waals surface area contributed by atoms with Crippen LogP contribution in [0.1, 0.15) is 12.2 Å². The summed E-state index contributed by atoms with van der Waals surface area (Å²) >= 11 is 12.9. The van der Waals surface area contributed by atoms with Gasteiger partial charge in [0.25, 0.3) is 10.0 Å². The number of hydrogen-bond acceptors (Lipinski definition) is 8. The Bertz CT molecular complexity index is 1220. The largest absolute Gasteiger partial charge is 0.369 e. The molecule has 184 valence electrons. The molecule has 0 aliphatic carbocycles. The van der Waals surface area contributed by atoms with Crippen LogP contribution in [0, 0.1) is 0 Å². The second-order valence-corrected chi connectivity index (χ2v) is 12.7. The minimum Gasteiger partial charge on any atom is -0.369 e. The summed E-state index contributed by atoms with van der Waals surface area (Å²) in [7, 11) is 0.524. The van der Waals surface area contributed by atoms with Gasteiger partial charge in [-0.15, -0.1) is 11.3 Å². The van der Waals surface area contributed by atoms with Crippen molar-refractivity contribution in [3.8, 4) is 0 Å². The van der Waals surface area contributed by atoms with Crippen molar-refractivity contribution >= 4 is 61.3 Å². The molecule has 3 aromatic rings. The molecule has 0 atom stereocenters. The first-order chi connectivity index (χ1) is 16.2.